The van der Waals surface area contributed by atoms with Crippen LogP contribution in [0.15, 0.2) is 54.6 Å². The Morgan fingerprint density at radius 1 is 0.821 bits per heavy atom. The van der Waals surface area contributed by atoms with E-state index in [1.165, 1.54) is 11.3 Å². The lowest BCUT2D eigenvalue weighted by molar-refractivity contribution is 0.117. The standard InChI is InChI=1S/C24H34N2O2/c1-2-28-24-14-7-6-13-23(24)26-18-16-25(17-19-26)15-9-21-27-20-8-12-22-10-4-3-5-11-22/h3-7,10-11,13-14H,2,8-9,12,15-21H2,1H3. The normalized spacial score (nSPS) is 15.0. The summed E-state index contributed by atoms with van der Waals surface area (Å²) >= 11 is 0. The second-order valence-corrected chi connectivity index (χ2v) is 7.28. The van der Waals surface area contributed by atoms with Crippen LogP contribution < -0.4 is 9.64 Å². The number of benzene rings is 2. The minimum absolute atomic E-state index is 0.711. The van der Waals surface area contributed by atoms with Crippen molar-refractivity contribution in [1.82, 2.24) is 4.90 Å². The van der Waals surface area contributed by atoms with Gasteiger partial charge in [0.05, 0.1) is 12.3 Å². The third kappa shape index (κ3) is 6.54. The van der Waals surface area contributed by atoms with Gasteiger partial charge in [-0.15, -0.1) is 0 Å². The highest BCUT2D eigenvalue weighted by Gasteiger charge is 2.19. The molecule has 28 heavy (non-hydrogen) atoms. The summed E-state index contributed by atoms with van der Waals surface area (Å²) in [7, 11) is 0. The lowest BCUT2D eigenvalue weighted by atomic mass is 10.1. The van der Waals surface area contributed by atoms with Crippen molar-refractivity contribution in [3.63, 3.8) is 0 Å². The molecule has 1 saturated heterocycles. The van der Waals surface area contributed by atoms with Gasteiger partial charge in [-0.2, -0.15) is 0 Å². The quantitative estimate of drug-likeness (QED) is 0.543. The maximum atomic E-state index is 5.83. The minimum atomic E-state index is 0.711. The smallest absolute Gasteiger partial charge is 0.142 e. The monoisotopic (exact) mass is 382 g/mol. The summed E-state index contributed by atoms with van der Waals surface area (Å²) in [5.41, 5.74) is 2.63. The van der Waals surface area contributed by atoms with E-state index >= 15 is 0 Å². The number of hydrogen-bond donors (Lipinski definition) is 0. The molecule has 2 aromatic carbocycles. The first-order valence-corrected chi connectivity index (χ1v) is 10.7. The summed E-state index contributed by atoms with van der Waals surface area (Å²) in [5.74, 6) is 1.00. The molecule has 0 bridgehead atoms. The van der Waals surface area contributed by atoms with Gasteiger partial charge in [0, 0.05) is 45.9 Å². The van der Waals surface area contributed by atoms with E-state index in [-0.39, 0.29) is 0 Å². The molecule has 0 saturated carbocycles. The average molecular weight is 383 g/mol. The van der Waals surface area contributed by atoms with E-state index in [9.17, 15) is 0 Å². The largest absolute Gasteiger partial charge is 0.492 e. The Morgan fingerprint density at radius 3 is 2.32 bits per heavy atom. The molecular weight excluding hydrogens is 348 g/mol. The van der Waals surface area contributed by atoms with Gasteiger partial charge in [-0.3, -0.25) is 4.90 Å². The van der Waals surface area contributed by atoms with Gasteiger partial charge in [0.2, 0.25) is 0 Å². The van der Waals surface area contributed by atoms with Crippen molar-refractivity contribution >= 4 is 5.69 Å². The Labute approximate surface area is 170 Å². The van der Waals surface area contributed by atoms with E-state index in [2.05, 4.69) is 58.3 Å². The molecule has 1 aliphatic heterocycles. The van der Waals surface area contributed by atoms with E-state index in [4.69, 9.17) is 9.47 Å². The van der Waals surface area contributed by atoms with Crippen LogP contribution in [0.2, 0.25) is 0 Å². The number of piperazine rings is 1. The van der Waals surface area contributed by atoms with Crippen LogP contribution >= 0.6 is 0 Å². The predicted molar refractivity (Wildman–Crippen MR) is 116 cm³/mol. The molecule has 0 amide bonds. The zero-order valence-electron chi connectivity index (χ0n) is 17.2. The van der Waals surface area contributed by atoms with E-state index in [1.54, 1.807) is 0 Å². The van der Waals surface area contributed by atoms with E-state index in [0.29, 0.717) is 6.61 Å². The summed E-state index contributed by atoms with van der Waals surface area (Å²) in [5, 5.41) is 0. The summed E-state index contributed by atoms with van der Waals surface area (Å²) in [4.78, 5) is 4.99. The van der Waals surface area contributed by atoms with Crippen LogP contribution in [0.1, 0.15) is 25.3 Å². The first kappa shape index (κ1) is 20.7. The summed E-state index contributed by atoms with van der Waals surface area (Å²) in [6.45, 7) is 9.92. The van der Waals surface area contributed by atoms with Gasteiger partial charge in [0.25, 0.3) is 0 Å². The molecule has 2 aromatic rings. The molecule has 1 aliphatic rings. The number of rotatable bonds is 11. The molecule has 1 fully saturated rings. The van der Waals surface area contributed by atoms with Crippen LogP contribution in [-0.2, 0) is 11.2 Å². The highest BCUT2D eigenvalue weighted by Crippen LogP contribution is 2.28. The Kier molecular flexibility index (Phi) is 8.66. The lowest BCUT2D eigenvalue weighted by Crippen LogP contribution is -2.46. The SMILES string of the molecule is CCOc1ccccc1N1CCN(CCCOCCCc2ccccc2)CC1. The van der Waals surface area contributed by atoms with E-state index < -0.39 is 0 Å². The van der Waals surface area contributed by atoms with Crippen molar-refractivity contribution in [3.05, 3.63) is 60.2 Å². The third-order valence-electron chi connectivity index (χ3n) is 5.24. The van der Waals surface area contributed by atoms with Crippen LogP contribution in [0.25, 0.3) is 0 Å². The van der Waals surface area contributed by atoms with Crippen molar-refractivity contribution in [2.24, 2.45) is 0 Å². The van der Waals surface area contributed by atoms with Crippen molar-refractivity contribution < 1.29 is 9.47 Å². The van der Waals surface area contributed by atoms with E-state index in [1.807, 2.05) is 13.0 Å². The zero-order valence-corrected chi connectivity index (χ0v) is 17.2. The Morgan fingerprint density at radius 2 is 1.54 bits per heavy atom. The molecular formula is C24H34N2O2. The zero-order chi connectivity index (χ0) is 19.4. The van der Waals surface area contributed by atoms with Crippen LogP contribution in [-0.4, -0.2) is 57.4 Å². The Bertz CT molecular complexity index is 669. The highest BCUT2D eigenvalue weighted by molar-refractivity contribution is 5.58. The fourth-order valence-corrected chi connectivity index (χ4v) is 3.72. The molecule has 0 atom stereocenters. The molecule has 0 aromatic heterocycles. The number of anilines is 1. The van der Waals surface area contributed by atoms with Gasteiger partial charge < -0.3 is 14.4 Å². The predicted octanol–water partition coefficient (Wildman–Crippen LogP) is 4.25. The van der Waals surface area contributed by atoms with Gasteiger partial charge in [-0.25, -0.2) is 0 Å². The van der Waals surface area contributed by atoms with E-state index in [0.717, 1.165) is 70.9 Å². The topological polar surface area (TPSA) is 24.9 Å². The van der Waals surface area contributed by atoms with Gasteiger partial charge in [0.1, 0.15) is 5.75 Å². The number of nitrogens with zero attached hydrogens (tertiary/aromatic N) is 2. The number of ether oxygens (including phenoxy) is 2. The maximum Gasteiger partial charge on any atom is 0.142 e. The van der Waals surface area contributed by atoms with Crippen molar-refractivity contribution in [2.75, 3.05) is 57.4 Å². The highest BCUT2D eigenvalue weighted by atomic mass is 16.5. The van der Waals surface area contributed by atoms with Crippen molar-refractivity contribution in [2.45, 2.75) is 26.2 Å². The molecule has 4 heteroatoms. The van der Waals surface area contributed by atoms with Crippen molar-refractivity contribution in [3.8, 4) is 5.75 Å². The minimum Gasteiger partial charge on any atom is -0.492 e. The molecule has 0 radical (unpaired) electrons. The van der Waals surface area contributed by atoms with Gasteiger partial charge in [-0.05, 0) is 43.9 Å². The number of aryl methyl sites for hydroxylation is 1. The first-order valence-electron chi connectivity index (χ1n) is 10.7. The van der Waals surface area contributed by atoms with Gasteiger partial charge >= 0.3 is 0 Å². The van der Waals surface area contributed by atoms with Gasteiger partial charge in [0.15, 0.2) is 0 Å². The number of para-hydroxylation sites is 2. The van der Waals surface area contributed by atoms with Crippen molar-refractivity contribution in [1.29, 1.82) is 0 Å². The average Bonchev–Trinajstić information content (AvgIpc) is 2.75. The Balaban J connectivity index is 1.27. The molecule has 1 heterocycles. The molecule has 0 spiro atoms. The Hall–Kier alpha value is -2.04. The molecule has 152 valence electrons. The molecule has 0 unspecified atom stereocenters. The summed E-state index contributed by atoms with van der Waals surface area (Å²) in [6, 6.07) is 19.0. The summed E-state index contributed by atoms with van der Waals surface area (Å²) < 4.78 is 11.6. The van der Waals surface area contributed by atoms with Crippen LogP contribution in [0, 0.1) is 0 Å². The lowest BCUT2D eigenvalue weighted by Gasteiger charge is -2.36. The van der Waals surface area contributed by atoms with Crippen LogP contribution in [0.3, 0.4) is 0 Å². The first-order chi connectivity index (χ1) is 13.9. The molecule has 0 aliphatic carbocycles. The molecule has 0 N–H and O–H groups in total. The van der Waals surface area contributed by atoms with Crippen LogP contribution in [0.4, 0.5) is 5.69 Å². The number of hydrogen-bond acceptors (Lipinski definition) is 4. The second kappa shape index (κ2) is 11.7. The van der Waals surface area contributed by atoms with Crippen LogP contribution in [0.5, 0.6) is 5.75 Å². The maximum absolute atomic E-state index is 5.83. The summed E-state index contributed by atoms with van der Waals surface area (Å²) in [6.07, 6.45) is 3.31. The van der Waals surface area contributed by atoms with Gasteiger partial charge in [-0.1, -0.05) is 42.5 Å². The fraction of sp³-hybridized carbons (Fsp3) is 0.500. The third-order valence-corrected chi connectivity index (χ3v) is 5.24. The second-order valence-electron chi connectivity index (χ2n) is 7.28. The fourth-order valence-electron chi connectivity index (χ4n) is 3.72. The molecule has 3 rings (SSSR count). The molecule has 4 nitrogen and oxygen atoms in total.